The minimum absolute atomic E-state index is 0.105. The van der Waals surface area contributed by atoms with E-state index in [9.17, 15) is 0 Å². The van der Waals surface area contributed by atoms with Gasteiger partial charge in [0.25, 0.3) is 0 Å². The Hall–Kier alpha value is -1.06. The highest BCUT2D eigenvalue weighted by atomic mass is 35.5. The van der Waals surface area contributed by atoms with Crippen LogP contribution in [-0.4, -0.2) is 14.9 Å². The predicted octanol–water partition coefficient (Wildman–Crippen LogP) is 2.88. The summed E-state index contributed by atoms with van der Waals surface area (Å²) >= 11 is 5.91. The van der Waals surface area contributed by atoms with E-state index in [1.165, 1.54) is 0 Å². The molecule has 2 aromatic heterocycles. The highest BCUT2D eigenvalue weighted by Gasteiger charge is 2.09. The van der Waals surface area contributed by atoms with Crippen LogP contribution in [0.25, 0.3) is 5.65 Å². The smallest absolute Gasteiger partial charge is 0.137 e. The zero-order valence-electron chi connectivity index (χ0n) is 9.79. The van der Waals surface area contributed by atoms with Crippen molar-refractivity contribution in [3.8, 4) is 0 Å². The van der Waals surface area contributed by atoms with Crippen molar-refractivity contribution in [1.82, 2.24) is 14.7 Å². The third-order valence-corrected chi connectivity index (χ3v) is 2.49. The average molecular weight is 238 g/mol. The Kier molecular flexibility index (Phi) is 2.91. The molecule has 0 fully saturated rings. The highest BCUT2D eigenvalue weighted by Crippen LogP contribution is 2.12. The predicted molar refractivity (Wildman–Crippen MR) is 66.8 cm³/mol. The van der Waals surface area contributed by atoms with E-state index in [1.54, 1.807) is 0 Å². The van der Waals surface area contributed by atoms with Crippen LogP contribution in [0.3, 0.4) is 0 Å². The fourth-order valence-corrected chi connectivity index (χ4v) is 1.63. The number of pyridine rings is 1. The van der Waals surface area contributed by atoms with E-state index >= 15 is 0 Å². The Balaban J connectivity index is 2.20. The Morgan fingerprint density at radius 2 is 2.06 bits per heavy atom. The van der Waals surface area contributed by atoms with Crippen LogP contribution in [0.4, 0.5) is 0 Å². The Morgan fingerprint density at radius 3 is 2.75 bits per heavy atom. The number of nitrogens with one attached hydrogen (secondary N) is 1. The van der Waals surface area contributed by atoms with Crippen molar-refractivity contribution >= 4 is 17.2 Å². The Labute approximate surface area is 100 Å². The molecule has 0 aliphatic carbocycles. The molecular formula is C12H16ClN3. The number of rotatable bonds is 2. The molecule has 0 unspecified atom stereocenters. The van der Waals surface area contributed by atoms with Crippen LogP contribution in [-0.2, 0) is 6.54 Å². The second kappa shape index (κ2) is 4.07. The van der Waals surface area contributed by atoms with Crippen LogP contribution in [0.15, 0.2) is 24.5 Å². The van der Waals surface area contributed by atoms with Crippen LogP contribution < -0.4 is 5.32 Å². The third-order valence-electron chi connectivity index (χ3n) is 2.26. The first-order chi connectivity index (χ1) is 7.44. The van der Waals surface area contributed by atoms with Crippen LogP contribution in [0.1, 0.15) is 26.5 Å². The second-order valence-electron chi connectivity index (χ2n) is 4.95. The molecule has 0 radical (unpaired) electrons. The normalized spacial score (nSPS) is 12.2. The lowest BCUT2D eigenvalue weighted by Crippen LogP contribution is -2.35. The van der Waals surface area contributed by atoms with Gasteiger partial charge >= 0.3 is 0 Å². The van der Waals surface area contributed by atoms with Crippen molar-refractivity contribution < 1.29 is 0 Å². The molecule has 0 aliphatic rings. The molecule has 86 valence electrons. The van der Waals surface area contributed by atoms with E-state index < -0.39 is 0 Å². The van der Waals surface area contributed by atoms with E-state index in [-0.39, 0.29) is 5.54 Å². The first-order valence-electron chi connectivity index (χ1n) is 5.32. The van der Waals surface area contributed by atoms with Gasteiger partial charge in [-0.05, 0) is 32.9 Å². The van der Waals surface area contributed by atoms with Gasteiger partial charge in [0, 0.05) is 24.5 Å². The maximum atomic E-state index is 5.91. The van der Waals surface area contributed by atoms with E-state index in [0.29, 0.717) is 0 Å². The van der Waals surface area contributed by atoms with Crippen LogP contribution >= 0.6 is 11.6 Å². The van der Waals surface area contributed by atoms with Gasteiger partial charge in [-0.1, -0.05) is 11.6 Å². The molecule has 3 nitrogen and oxygen atoms in total. The first kappa shape index (κ1) is 11.4. The van der Waals surface area contributed by atoms with Crippen LogP contribution in [0.2, 0.25) is 5.02 Å². The molecule has 0 spiro atoms. The number of halogens is 1. The van der Waals surface area contributed by atoms with E-state index in [4.69, 9.17) is 11.6 Å². The van der Waals surface area contributed by atoms with Crippen molar-refractivity contribution in [2.75, 3.05) is 0 Å². The molecule has 0 saturated heterocycles. The van der Waals surface area contributed by atoms with Gasteiger partial charge in [0.2, 0.25) is 0 Å². The van der Waals surface area contributed by atoms with Gasteiger partial charge in [0.1, 0.15) is 5.65 Å². The lowest BCUT2D eigenvalue weighted by Gasteiger charge is -2.19. The molecular weight excluding hydrogens is 222 g/mol. The summed E-state index contributed by atoms with van der Waals surface area (Å²) < 4.78 is 1.95. The van der Waals surface area contributed by atoms with Crippen LogP contribution in [0, 0.1) is 0 Å². The maximum absolute atomic E-state index is 5.91. The molecule has 2 rings (SSSR count). The van der Waals surface area contributed by atoms with Gasteiger partial charge in [-0.3, -0.25) is 0 Å². The van der Waals surface area contributed by atoms with Crippen molar-refractivity contribution in [3.63, 3.8) is 0 Å². The molecule has 16 heavy (non-hydrogen) atoms. The number of imidazole rings is 1. The van der Waals surface area contributed by atoms with Crippen molar-refractivity contribution in [3.05, 3.63) is 35.2 Å². The summed E-state index contributed by atoms with van der Waals surface area (Å²) in [6.45, 7) is 7.18. The van der Waals surface area contributed by atoms with Gasteiger partial charge in [-0.15, -0.1) is 0 Å². The summed E-state index contributed by atoms with van der Waals surface area (Å²) in [5, 5.41) is 4.13. The minimum atomic E-state index is 0.105. The summed E-state index contributed by atoms with van der Waals surface area (Å²) in [5.41, 5.74) is 2.06. The van der Waals surface area contributed by atoms with Gasteiger partial charge in [-0.2, -0.15) is 0 Å². The number of nitrogens with zero attached hydrogens (tertiary/aromatic N) is 2. The SMILES string of the molecule is CC(C)(C)NCc1cn2cc(Cl)ccc2n1. The largest absolute Gasteiger partial charge is 0.306 e. The monoisotopic (exact) mass is 237 g/mol. The second-order valence-corrected chi connectivity index (χ2v) is 5.39. The average Bonchev–Trinajstić information content (AvgIpc) is 2.55. The highest BCUT2D eigenvalue weighted by molar-refractivity contribution is 6.30. The van der Waals surface area contributed by atoms with E-state index in [2.05, 4.69) is 31.1 Å². The van der Waals surface area contributed by atoms with Crippen molar-refractivity contribution in [2.45, 2.75) is 32.9 Å². The summed E-state index contributed by atoms with van der Waals surface area (Å²) in [6.07, 6.45) is 3.87. The Bertz CT molecular complexity index is 496. The zero-order valence-corrected chi connectivity index (χ0v) is 10.5. The number of hydrogen-bond donors (Lipinski definition) is 1. The van der Waals surface area contributed by atoms with Crippen molar-refractivity contribution in [1.29, 1.82) is 0 Å². The van der Waals surface area contributed by atoms with Gasteiger partial charge in [0.15, 0.2) is 0 Å². The van der Waals surface area contributed by atoms with E-state index in [0.717, 1.165) is 22.9 Å². The van der Waals surface area contributed by atoms with Crippen LogP contribution in [0.5, 0.6) is 0 Å². The lowest BCUT2D eigenvalue weighted by atomic mass is 10.1. The number of aromatic nitrogens is 2. The van der Waals surface area contributed by atoms with Gasteiger partial charge in [0.05, 0.1) is 10.7 Å². The topological polar surface area (TPSA) is 29.3 Å². The first-order valence-corrected chi connectivity index (χ1v) is 5.70. The Morgan fingerprint density at radius 1 is 1.31 bits per heavy atom. The molecule has 1 N–H and O–H groups in total. The molecule has 0 amide bonds. The molecule has 4 heteroatoms. The summed E-state index contributed by atoms with van der Waals surface area (Å²) in [5.74, 6) is 0. The van der Waals surface area contributed by atoms with Gasteiger partial charge < -0.3 is 9.72 Å². The fraction of sp³-hybridized carbons (Fsp3) is 0.417. The van der Waals surface area contributed by atoms with Crippen molar-refractivity contribution in [2.24, 2.45) is 0 Å². The third kappa shape index (κ3) is 2.74. The number of hydrogen-bond acceptors (Lipinski definition) is 2. The van der Waals surface area contributed by atoms with Gasteiger partial charge in [-0.25, -0.2) is 4.98 Å². The maximum Gasteiger partial charge on any atom is 0.137 e. The minimum Gasteiger partial charge on any atom is -0.306 e. The molecule has 0 bridgehead atoms. The zero-order chi connectivity index (χ0) is 11.8. The number of fused-ring (bicyclic) bond motifs is 1. The standard InChI is InChI=1S/C12H16ClN3/c1-12(2,3)14-6-10-8-16-7-9(13)4-5-11(16)15-10/h4-5,7-8,14H,6H2,1-3H3. The molecule has 0 aliphatic heterocycles. The lowest BCUT2D eigenvalue weighted by molar-refractivity contribution is 0.422. The summed E-state index contributed by atoms with van der Waals surface area (Å²) in [4.78, 5) is 4.50. The molecule has 0 aromatic carbocycles. The molecule has 0 atom stereocenters. The summed E-state index contributed by atoms with van der Waals surface area (Å²) in [7, 11) is 0. The fourth-order valence-electron chi connectivity index (χ4n) is 1.46. The quantitative estimate of drug-likeness (QED) is 0.871. The molecule has 2 heterocycles. The molecule has 2 aromatic rings. The summed E-state index contributed by atoms with van der Waals surface area (Å²) in [6, 6.07) is 3.77. The molecule has 0 saturated carbocycles. The van der Waals surface area contributed by atoms with E-state index in [1.807, 2.05) is 28.9 Å².